The van der Waals surface area contributed by atoms with Crippen molar-refractivity contribution in [2.75, 3.05) is 0 Å². The van der Waals surface area contributed by atoms with Gasteiger partial charge < -0.3 is 16.3 Å². The molecule has 2 unspecified atom stereocenters. The Labute approximate surface area is 106 Å². The molecule has 5 nitrogen and oxygen atoms in total. The first-order valence-corrected chi connectivity index (χ1v) is 6.42. The Bertz CT molecular complexity index is 402. The molecule has 17 heavy (non-hydrogen) atoms. The quantitative estimate of drug-likeness (QED) is 0.325. The first kappa shape index (κ1) is 13.9. The van der Waals surface area contributed by atoms with Gasteiger partial charge in [0.05, 0.1) is 10.7 Å². The highest BCUT2D eigenvalue weighted by Gasteiger charge is 2.15. The molecular weight excluding hydrogens is 236 g/mol. The third kappa shape index (κ3) is 3.98. The lowest BCUT2D eigenvalue weighted by molar-refractivity contribution is 0.315. The van der Waals surface area contributed by atoms with Crippen LogP contribution in [0.1, 0.15) is 41.9 Å². The first-order valence-electron chi connectivity index (χ1n) is 5.60. The Morgan fingerprint density at radius 1 is 1.53 bits per heavy atom. The summed E-state index contributed by atoms with van der Waals surface area (Å²) in [6.07, 6.45) is 0.525. The van der Waals surface area contributed by atoms with Crippen LogP contribution in [0.2, 0.25) is 0 Å². The van der Waals surface area contributed by atoms with Crippen molar-refractivity contribution >= 4 is 17.2 Å². The maximum absolute atomic E-state index is 8.51. The van der Waals surface area contributed by atoms with Crippen LogP contribution in [0, 0.1) is 13.8 Å². The summed E-state index contributed by atoms with van der Waals surface area (Å²) < 4.78 is 0. The molecule has 1 aromatic rings. The van der Waals surface area contributed by atoms with Gasteiger partial charge in [-0.15, -0.1) is 11.3 Å². The van der Waals surface area contributed by atoms with Crippen LogP contribution in [0.4, 0.5) is 0 Å². The van der Waals surface area contributed by atoms with Gasteiger partial charge in [0.25, 0.3) is 0 Å². The number of amidine groups is 1. The number of aromatic nitrogens is 1. The molecule has 6 heteroatoms. The summed E-state index contributed by atoms with van der Waals surface area (Å²) in [5.74, 6) is 0.245. The molecule has 0 saturated carbocycles. The Morgan fingerprint density at radius 3 is 2.65 bits per heavy atom. The highest BCUT2D eigenvalue weighted by molar-refractivity contribution is 7.11. The van der Waals surface area contributed by atoms with Crippen LogP contribution >= 0.6 is 11.3 Å². The standard InChI is InChI=1S/C11H20N4OS/c1-6(5-10(12)15-16)13-7(2)11-8(3)14-9(4)17-11/h6-7,13,16H,5H2,1-4H3,(H2,12,15). The fraction of sp³-hybridized carbons (Fsp3) is 0.636. The van der Waals surface area contributed by atoms with Gasteiger partial charge in [-0.3, -0.25) is 0 Å². The van der Waals surface area contributed by atoms with Crippen molar-refractivity contribution in [3.05, 3.63) is 15.6 Å². The molecule has 1 heterocycles. The fourth-order valence-electron chi connectivity index (χ4n) is 1.86. The van der Waals surface area contributed by atoms with E-state index in [1.54, 1.807) is 11.3 Å². The summed E-state index contributed by atoms with van der Waals surface area (Å²) in [6.45, 7) is 8.14. The number of nitrogens with one attached hydrogen (secondary N) is 1. The number of thiazole rings is 1. The van der Waals surface area contributed by atoms with Crippen LogP contribution in [-0.2, 0) is 0 Å². The van der Waals surface area contributed by atoms with Crippen molar-refractivity contribution in [3.8, 4) is 0 Å². The number of hydrogen-bond acceptors (Lipinski definition) is 5. The largest absolute Gasteiger partial charge is 0.409 e. The summed E-state index contributed by atoms with van der Waals surface area (Å²) >= 11 is 1.70. The van der Waals surface area contributed by atoms with E-state index >= 15 is 0 Å². The van der Waals surface area contributed by atoms with Crippen molar-refractivity contribution in [1.29, 1.82) is 0 Å². The molecule has 1 rings (SSSR count). The van der Waals surface area contributed by atoms with Gasteiger partial charge in [0, 0.05) is 23.4 Å². The van der Waals surface area contributed by atoms with E-state index in [4.69, 9.17) is 10.9 Å². The molecule has 0 saturated heterocycles. The summed E-state index contributed by atoms with van der Waals surface area (Å²) in [5, 5.41) is 16.0. The van der Waals surface area contributed by atoms with Crippen molar-refractivity contribution in [1.82, 2.24) is 10.3 Å². The maximum atomic E-state index is 8.51. The molecule has 0 aliphatic rings. The van der Waals surface area contributed by atoms with E-state index in [9.17, 15) is 0 Å². The molecule has 1 aromatic heterocycles. The van der Waals surface area contributed by atoms with E-state index in [0.717, 1.165) is 10.7 Å². The summed E-state index contributed by atoms with van der Waals surface area (Å²) in [7, 11) is 0. The fourth-order valence-corrected chi connectivity index (χ4v) is 2.80. The van der Waals surface area contributed by atoms with Crippen molar-refractivity contribution in [3.63, 3.8) is 0 Å². The second-order valence-corrected chi connectivity index (χ2v) is 5.50. The monoisotopic (exact) mass is 256 g/mol. The zero-order valence-electron chi connectivity index (χ0n) is 10.7. The van der Waals surface area contributed by atoms with Gasteiger partial charge in [-0.1, -0.05) is 5.16 Å². The van der Waals surface area contributed by atoms with Gasteiger partial charge in [0.15, 0.2) is 0 Å². The molecule has 2 atom stereocenters. The van der Waals surface area contributed by atoms with Crippen LogP contribution in [-0.4, -0.2) is 22.1 Å². The van der Waals surface area contributed by atoms with Crippen LogP contribution in [0.15, 0.2) is 5.16 Å². The second kappa shape index (κ2) is 5.97. The van der Waals surface area contributed by atoms with E-state index < -0.39 is 0 Å². The summed E-state index contributed by atoms with van der Waals surface area (Å²) in [4.78, 5) is 5.65. The highest BCUT2D eigenvalue weighted by atomic mass is 32.1. The van der Waals surface area contributed by atoms with Crippen LogP contribution in [0.25, 0.3) is 0 Å². The SMILES string of the molecule is Cc1nc(C)c(C(C)NC(C)CC(N)=NO)s1. The molecule has 0 aliphatic heterocycles. The molecular formula is C11H20N4OS. The molecule has 0 amide bonds. The van der Waals surface area contributed by atoms with E-state index in [2.05, 4.69) is 22.4 Å². The summed E-state index contributed by atoms with van der Waals surface area (Å²) in [6, 6.07) is 0.380. The van der Waals surface area contributed by atoms with Gasteiger partial charge in [0.1, 0.15) is 5.84 Å². The van der Waals surface area contributed by atoms with E-state index in [1.165, 1.54) is 4.88 Å². The Kier molecular flexibility index (Phi) is 4.89. The minimum absolute atomic E-state index is 0.155. The predicted molar refractivity (Wildman–Crippen MR) is 70.6 cm³/mol. The van der Waals surface area contributed by atoms with Crippen molar-refractivity contribution in [2.45, 2.75) is 46.2 Å². The normalized spacial score (nSPS) is 15.9. The molecule has 96 valence electrons. The first-order chi connectivity index (χ1) is 7.93. The third-order valence-corrected chi connectivity index (χ3v) is 3.77. The highest BCUT2D eigenvalue weighted by Crippen LogP contribution is 2.24. The zero-order valence-corrected chi connectivity index (χ0v) is 11.5. The number of rotatable bonds is 5. The lowest BCUT2D eigenvalue weighted by Crippen LogP contribution is -2.33. The number of hydrogen-bond donors (Lipinski definition) is 3. The average molecular weight is 256 g/mol. The minimum atomic E-state index is 0.155. The molecule has 0 fully saturated rings. The zero-order chi connectivity index (χ0) is 13.0. The lowest BCUT2D eigenvalue weighted by atomic mass is 10.1. The van der Waals surface area contributed by atoms with Crippen LogP contribution in [0.3, 0.4) is 0 Å². The Morgan fingerprint density at radius 2 is 2.18 bits per heavy atom. The lowest BCUT2D eigenvalue weighted by Gasteiger charge is -2.18. The Hall–Kier alpha value is -1.14. The maximum Gasteiger partial charge on any atom is 0.140 e. The molecule has 0 spiro atoms. The van der Waals surface area contributed by atoms with Crippen LogP contribution < -0.4 is 11.1 Å². The number of aryl methyl sites for hydroxylation is 2. The third-order valence-electron chi connectivity index (χ3n) is 2.51. The second-order valence-electron chi connectivity index (χ2n) is 4.27. The molecule has 0 radical (unpaired) electrons. The average Bonchev–Trinajstić information content (AvgIpc) is 2.57. The topological polar surface area (TPSA) is 83.5 Å². The van der Waals surface area contributed by atoms with Gasteiger partial charge in [-0.2, -0.15) is 0 Å². The van der Waals surface area contributed by atoms with Gasteiger partial charge in [-0.25, -0.2) is 4.98 Å². The van der Waals surface area contributed by atoms with Crippen molar-refractivity contribution < 1.29 is 5.21 Å². The van der Waals surface area contributed by atoms with Gasteiger partial charge in [-0.05, 0) is 27.7 Å². The molecule has 4 N–H and O–H groups in total. The van der Waals surface area contributed by atoms with Gasteiger partial charge >= 0.3 is 0 Å². The Balaban J connectivity index is 2.60. The van der Waals surface area contributed by atoms with E-state index in [1.807, 2.05) is 20.8 Å². The summed E-state index contributed by atoms with van der Waals surface area (Å²) in [5.41, 5.74) is 6.55. The number of oxime groups is 1. The number of nitrogens with zero attached hydrogens (tertiary/aromatic N) is 2. The molecule has 0 aromatic carbocycles. The molecule has 0 aliphatic carbocycles. The van der Waals surface area contributed by atoms with Crippen molar-refractivity contribution in [2.24, 2.45) is 10.9 Å². The van der Waals surface area contributed by atoms with E-state index in [-0.39, 0.29) is 17.9 Å². The molecule has 0 bridgehead atoms. The van der Waals surface area contributed by atoms with Crippen LogP contribution in [0.5, 0.6) is 0 Å². The number of nitrogens with two attached hydrogens (primary N) is 1. The van der Waals surface area contributed by atoms with E-state index in [0.29, 0.717) is 6.42 Å². The smallest absolute Gasteiger partial charge is 0.140 e. The minimum Gasteiger partial charge on any atom is -0.409 e. The van der Waals surface area contributed by atoms with Gasteiger partial charge in [0.2, 0.25) is 0 Å². The predicted octanol–water partition coefficient (Wildman–Crippen LogP) is 1.94.